The molecule has 0 atom stereocenters. The second-order valence-electron chi connectivity index (χ2n) is 22.6. The van der Waals surface area contributed by atoms with Crippen molar-refractivity contribution in [3.8, 4) is 61.8 Å². The molecule has 0 radical (unpaired) electrons. The lowest BCUT2D eigenvalue weighted by Gasteiger charge is -2.34. The van der Waals surface area contributed by atoms with Crippen LogP contribution in [0, 0.1) is 5.92 Å². The third kappa shape index (κ3) is 7.41. The van der Waals surface area contributed by atoms with Crippen molar-refractivity contribution >= 4 is 54.6 Å². The maximum absolute atomic E-state index is 5.51. The van der Waals surface area contributed by atoms with Crippen LogP contribution in [-0.4, -0.2) is 18.7 Å². The van der Waals surface area contributed by atoms with Crippen molar-refractivity contribution < 1.29 is 0 Å². The molecular weight excluding hydrogens is 993 g/mol. The Labute approximate surface area is 477 Å². The molecule has 0 saturated heterocycles. The average molecular weight is 1050 g/mol. The molecule has 0 aliphatic heterocycles. The number of hydrogen-bond donors (Lipinski definition) is 0. The van der Waals surface area contributed by atoms with Crippen molar-refractivity contribution in [2.75, 3.05) is 0 Å². The van der Waals surface area contributed by atoms with E-state index in [1.807, 2.05) is 0 Å². The van der Waals surface area contributed by atoms with Crippen molar-refractivity contribution in [2.45, 2.75) is 25.7 Å². The van der Waals surface area contributed by atoms with Gasteiger partial charge in [-0.1, -0.05) is 214 Å². The van der Waals surface area contributed by atoms with Crippen LogP contribution >= 0.6 is 0 Å². The zero-order chi connectivity index (χ0) is 54.5. The van der Waals surface area contributed by atoms with Crippen LogP contribution in [0.3, 0.4) is 0 Å². The summed E-state index contributed by atoms with van der Waals surface area (Å²) in [6.07, 6.45) is 1.05. The Hall–Kier alpha value is -10.3. The Balaban J connectivity index is 0.952. The van der Waals surface area contributed by atoms with Crippen molar-refractivity contribution in [1.82, 2.24) is 18.7 Å². The van der Waals surface area contributed by atoms with Crippen LogP contribution in [0.1, 0.15) is 41.7 Å². The highest BCUT2D eigenvalue weighted by Gasteiger charge is 2.46. The number of hydrogen-bond acceptors (Lipinski definition) is 1. The molecule has 0 spiro atoms. The Kier molecular flexibility index (Phi) is 11.0. The Bertz CT molecular complexity index is 4690. The Morgan fingerprint density at radius 1 is 0.329 bits per heavy atom. The molecule has 0 bridgehead atoms. The second-order valence-corrected chi connectivity index (χ2v) is 22.6. The molecule has 4 nitrogen and oxygen atoms in total. The summed E-state index contributed by atoms with van der Waals surface area (Å²) < 4.78 is 7.23. The lowest BCUT2D eigenvalue weighted by Crippen LogP contribution is -2.28. The van der Waals surface area contributed by atoms with Gasteiger partial charge in [0.25, 0.3) is 0 Å². The van der Waals surface area contributed by atoms with E-state index in [0.717, 1.165) is 90.2 Å². The van der Waals surface area contributed by atoms with Crippen LogP contribution in [0.5, 0.6) is 0 Å². The summed E-state index contributed by atoms with van der Waals surface area (Å²) in [5, 5.41) is 4.90. The van der Waals surface area contributed by atoms with Crippen LogP contribution in [0.15, 0.2) is 285 Å². The SMILES string of the molecule is CC(C)Cc1ccc(C2(c3ccc(-c4cc(-c5cc(-n6c7ccccc7c7ccccc76)cc(-n6c7ccccc7c7ccccc76)c5)cc(-c5nc6ccccc6n5-c5ccccc5)c4)cc3)c3ccccc3-c3ccccc32)cc1. The van der Waals surface area contributed by atoms with E-state index >= 15 is 0 Å². The standard InChI is InChI=1S/C78H56N4/c1-51(2)44-52-36-40-58(41-37-52)78(69-28-12-6-22-63(69)64-23-7-13-29-70(64)78)59-42-38-53(39-43-59)54-45-55(47-57(46-54)77-79-71-30-14-19-35-76(71)82(77)60-20-4-3-5-21-60)56-48-61(80-72-31-15-8-24-65(72)66-25-9-16-32-73(66)80)50-62(49-56)81-74-33-17-10-26-67(74)68-27-11-18-34-75(68)81/h3-43,45-51H,44H2,1-2H3. The maximum Gasteiger partial charge on any atom is 0.145 e. The number of rotatable bonds is 10. The minimum Gasteiger partial charge on any atom is -0.309 e. The van der Waals surface area contributed by atoms with Gasteiger partial charge >= 0.3 is 0 Å². The summed E-state index contributed by atoms with van der Waals surface area (Å²) in [4.78, 5) is 5.51. The molecule has 388 valence electrons. The second kappa shape index (κ2) is 18.9. The Morgan fingerprint density at radius 2 is 0.744 bits per heavy atom. The number of para-hydroxylation sites is 7. The quantitative estimate of drug-likeness (QED) is 0.134. The van der Waals surface area contributed by atoms with Gasteiger partial charge in [0.15, 0.2) is 0 Å². The van der Waals surface area contributed by atoms with Gasteiger partial charge in [-0.3, -0.25) is 4.57 Å². The van der Waals surface area contributed by atoms with Crippen molar-refractivity contribution in [2.24, 2.45) is 5.92 Å². The highest BCUT2D eigenvalue weighted by atomic mass is 15.1. The molecule has 0 unspecified atom stereocenters. The van der Waals surface area contributed by atoms with Crippen LogP contribution < -0.4 is 0 Å². The number of aromatic nitrogens is 4. The van der Waals surface area contributed by atoms with E-state index in [1.54, 1.807) is 0 Å². The van der Waals surface area contributed by atoms with E-state index < -0.39 is 5.41 Å². The van der Waals surface area contributed by atoms with E-state index in [0.29, 0.717) is 5.92 Å². The van der Waals surface area contributed by atoms with Crippen molar-refractivity contribution in [3.05, 3.63) is 313 Å². The van der Waals surface area contributed by atoms with Gasteiger partial charge in [0.1, 0.15) is 5.82 Å². The van der Waals surface area contributed by atoms with E-state index in [9.17, 15) is 0 Å². The van der Waals surface area contributed by atoms with Gasteiger partial charge in [-0.2, -0.15) is 0 Å². The first kappa shape index (κ1) is 47.7. The van der Waals surface area contributed by atoms with Gasteiger partial charge in [-0.25, -0.2) is 4.98 Å². The highest BCUT2D eigenvalue weighted by Crippen LogP contribution is 2.56. The lowest BCUT2D eigenvalue weighted by atomic mass is 9.67. The molecule has 4 heteroatoms. The van der Waals surface area contributed by atoms with Gasteiger partial charge in [-0.05, 0) is 158 Å². The normalized spacial score (nSPS) is 12.8. The van der Waals surface area contributed by atoms with Gasteiger partial charge in [0, 0.05) is 44.2 Å². The first-order valence-electron chi connectivity index (χ1n) is 28.7. The summed E-state index contributed by atoms with van der Waals surface area (Å²) in [5.41, 5.74) is 23.9. The van der Waals surface area contributed by atoms with Gasteiger partial charge in [-0.15, -0.1) is 0 Å². The molecule has 15 aromatic rings. The third-order valence-corrected chi connectivity index (χ3v) is 17.3. The minimum absolute atomic E-state index is 0.522. The molecule has 0 amide bonds. The van der Waals surface area contributed by atoms with Crippen LogP contribution in [0.4, 0.5) is 0 Å². The predicted molar refractivity (Wildman–Crippen MR) is 342 cm³/mol. The monoisotopic (exact) mass is 1050 g/mol. The molecule has 1 aliphatic rings. The Morgan fingerprint density at radius 3 is 1.27 bits per heavy atom. The number of imidazole rings is 1. The number of fused-ring (bicyclic) bond motifs is 10. The zero-order valence-corrected chi connectivity index (χ0v) is 45.7. The predicted octanol–water partition coefficient (Wildman–Crippen LogP) is 19.8. The lowest BCUT2D eigenvalue weighted by molar-refractivity contribution is 0.646. The summed E-state index contributed by atoms with van der Waals surface area (Å²) in [7, 11) is 0. The molecule has 0 saturated carbocycles. The maximum atomic E-state index is 5.51. The van der Waals surface area contributed by atoms with E-state index in [2.05, 4.69) is 313 Å². The fraction of sp³-hybridized carbons (Fsp3) is 0.0641. The van der Waals surface area contributed by atoms with Crippen molar-refractivity contribution in [3.63, 3.8) is 0 Å². The summed E-state index contributed by atoms with van der Waals surface area (Å²) >= 11 is 0. The van der Waals surface area contributed by atoms with Crippen LogP contribution in [-0.2, 0) is 11.8 Å². The molecule has 12 aromatic carbocycles. The molecular formula is C78H56N4. The fourth-order valence-electron chi connectivity index (χ4n) is 13.9. The third-order valence-electron chi connectivity index (χ3n) is 17.3. The van der Waals surface area contributed by atoms with Crippen LogP contribution in [0.2, 0.25) is 0 Å². The van der Waals surface area contributed by atoms with E-state index in [1.165, 1.54) is 60.5 Å². The fourth-order valence-corrected chi connectivity index (χ4v) is 13.9. The molecule has 0 N–H and O–H groups in total. The molecule has 3 aromatic heterocycles. The zero-order valence-electron chi connectivity index (χ0n) is 45.7. The van der Waals surface area contributed by atoms with Gasteiger partial charge in [0.2, 0.25) is 0 Å². The molecule has 16 rings (SSSR count). The summed E-state index contributed by atoms with van der Waals surface area (Å²) in [6.45, 7) is 4.60. The van der Waals surface area contributed by atoms with Crippen molar-refractivity contribution in [1.29, 1.82) is 0 Å². The summed E-state index contributed by atoms with van der Waals surface area (Å²) in [6, 6.07) is 106. The van der Waals surface area contributed by atoms with E-state index in [4.69, 9.17) is 4.98 Å². The number of benzene rings is 12. The number of nitrogens with zero attached hydrogens (tertiary/aromatic N) is 4. The van der Waals surface area contributed by atoms with Crippen LogP contribution in [0.25, 0.3) is 116 Å². The van der Waals surface area contributed by atoms with Gasteiger partial charge < -0.3 is 9.13 Å². The molecule has 1 aliphatic carbocycles. The van der Waals surface area contributed by atoms with Gasteiger partial charge in [0.05, 0.1) is 38.5 Å². The van der Waals surface area contributed by atoms with E-state index in [-0.39, 0.29) is 0 Å². The highest BCUT2D eigenvalue weighted by molar-refractivity contribution is 6.11. The first-order valence-corrected chi connectivity index (χ1v) is 28.7. The largest absolute Gasteiger partial charge is 0.309 e. The molecule has 82 heavy (non-hydrogen) atoms. The topological polar surface area (TPSA) is 27.7 Å². The smallest absolute Gasteiger partial charge is 0.145 e. The molecule has 0 fully saturated rings. The average Bonchev–Trinajstić information content (AvgIpc) is 4.20. The molecule has 3 heterocycles. The summed E-state index contributed by atoms with van der Waals surface area (Å²) in [5.74, 6) is 1.45. The first-order chi connectivity index (χ1) is 40.5. The minimum atomic E-state index is -0.522.